The number of nitriles is 1. The van der Waals surface area contributed by atoms with E-state index in [1.807, 2.05) is 42.6 Å². The summed E-state index contributed by atoms with van der Waals surface area (Å²) in [5, 5.41) is 10.9. The van der Waals surface area contributed by atoms with Gasteiger partial charge in [0.05, 0.1) is 0 Å². The highest BCUT2D eigenvalue weighted by Crippen LogP contribution is 2.00. The molecule has 0 aliphatic rings. The molecule has 0 fully saturated rings. The van der Waals surface area contributed by atoms with E-state index >= 15 is 0 Å². The standard InChI is InChI=1S/C11H11N3/c1-13-11(14-9-12)8-7-10-5-3-2-4-6-10/h2-8H,1H3,(H,13,14)/b8-7+. The van der Waals surface area contributed by atoms with Gasteiger partial charge in [-0.2, -0.15) is 5.26 Å². The molecule has 0 saturated carbocycles. The number of rotatable bonds is 2. The lowest BCUT2D eigenvalue weighted by molar-refractivity contribution is 1.24. The average molecular weight is 185 g/mol. The van der Waals surface area contributed by atoms with Crippen molar-refractivity contribution in [1.29, 1.82) is 5.26 Å². The Kier molecular flexibility index (Phi) is 3.96. The van der Waals surface area contributed by atoms with Crippen LogP contribution < -0.4 is 5.32 Å². The van der Waals surface area contributed by atoms with Crippen molar-refractivity contribution < 1.29 is 0 Å². The molecule has 0 aliphatic carbocycles. The monoisotopic (exact) mass is 185 g/mol. The molecule has 0 aromatic heterocycles. The highest BCUT2D eigenvalue weighted by molar-refractivity contribution is 5.97. The molecule has 70 valence electrons. The number of hydrogen-bond acceptors (Lipinski definition) is 2. The zero-order valence-electron chi connectivity index (χ0n) is 7.94. The van der Waals surface area contributed by atoms with Crippen LogP contribution in [0.2, 0.25) is 0 Å². The van der Waals surface area contributed by atoms with Crippen LogP contribution in [0.15, 0.2) is 41.4 Å². The van der Waals surface area contributed by atoms with Gasteiger partial charge in [-0.3, -0.25) is 10.3 Å². The Morgan fingerprint density at radius 2 is 2.14 bits per heavy atom. The third-order valence-corrected chi connectivity index (χ3v) is 1.66. The molecule has 0 spiro atoms. The summed E-state index contributed by atoms with van der Waals surface area (Å²) < 4.78 is 0. The Morgan fingerprint density at radius 1 is 1.43 bits per heavy atom. The quantitative estimate of drug-likeness (QED) is 0.330. The minimum absolute atomic E-state index is 0.552. The van der Waals surface area contributed by atoms with Crippen LogP contribution in [0.4, 0.5) is 0 Å². The summed E-state index contributed by atoms with van der Waals surface area (Å²) in [7, 11) is 1.63. The second kappa shape index (κ2) is 5.55. The Balaban J connectivity index is 2.69. The molecule has 0 atom stereocenters. The molecule has 0 heterocycles. The fraction of sp³-hybridized carbons (Fsp3) is 0.0909. The van der Waals surface area contributed by atoms with Crippen LogP contribution in [0.25, 0.3) is 6.08 Å². The fourth-order valence-corrected chi connectivity index (χ4v) is 0.969. The largest absolute Gasteiger partial charge is 0.277 e. The molecule has 0 aliphatic heterocycles. The smallest absolute Gasteiger partial charge is 0.182 e. The minimum atomic E-state index is 0.552. The summed E-state index contributed by atoms with van der Waals surface area (Å²) >= 11 is 0. The second-order valence-electron chi connectivity index (χ2n) is 2.59. The summed E-state index contributed by atoms with van der Waals surface area (Å²) in [6.45, 7) is 0. The van der Waals surface area contributed by atoms with E-state index in [1.54, 1.807) is 13.1 Å². The number of nitrogens with zero attached hydrogens (tertiary/aromatic N) is 2. The number of nitrogens with one attached hydrogen (secondary N) is 1. The molecule has 1 aromatic carbocycles. The third-order valence-electron chi connectivity index (χ3n) is 1.66. The van der Waals surface area contributed by atoms with Crippen molar-refractivity contribution >= 4 is 11.9 Å². The molecule has 0 saturated heterocycles. The van der Waals surface area contributed by atoms with Crippen LogP contribution >= 0.6 is 0 Å². The van der Waals surface area contributed by atoms with E-state index in [4.69, 9.17) is 5.26 Å². The fourth-order valence-electron chi connectivity index (χ4n) is 0.969. The molecule has 1 N–H and O–H groups in total. The highest BCUT2D eigenvalue weighted by Gasteiger charge is 1.88. The van der Waals surface area contributed by atoms with Gasteiger partial charge in [0.25, 0.3) is 0 Å². The summed E-state index contributed by atoms with van der Waals surface area (Å²) in [6, 6.07) is 9.84. The zero-order chi connectivity index (χ0) is 10.2. The first-order valence-corrected chi connectivity index (χ1v) is 4.22. The molecule has 3 heteroatoms. The van der Waals surface area contributed by atoms with Crippen molar-refractivity contribution in [3.05, 3.63) is 42.0 Å². The second-order valence-corrected chi connectivity index (χ2v) is 2.59. The first-order chi connectivity index (χ1) is 6.86. The number of hydrogen-bond donors (Lipinski definition) is 1. The van der Waals surface area contributed by atoms with Crippen molar-refractivity contribution in [2.75, 3.05) is 7.05 Å². The highest BCUT2D eigenvalue weighted by atomic mass is 15.0. The van der Waals surface area contributed by atoms with Crippen LogP contribution in [0.5, 0.6) is 0 Å². The van der Waals surface area contributed by atoms with Crippen molar-refractivity contribution in [3.8, 4) is 6.19 Å². The van der Waals surface area contributed by atoms with E-state index in [2.05, 4.69) is 10.3 Å². The maximum Gasteiger partial charge on any atom is 0.182 e. The van der Waals surface area contributed by atoms with Gasteiger partial charge in [0.2, 0.25) is 0 Å². The lowest BCUT2D eigenvalue weighted by Gasteiger charge is -1.94. The van der Waals surface area contributed by atoms with Gasteiger partial charge in [0.1, 0.15) is 5.84 Å². The van der Waals surface area contributed by atoms with Gasteiger partial charge in [-0.05, 0) is 11.6 Å². The number of aliphatic imine (C=N–C) groups is 1. The Bertz CT molecular complexity index is 371. The third kappa shape index (κ3) is 3.11. The Morgan fingerprint density at radius 3 is 2.71 bits per heavy atom. The zero-order valence-corrected chi connectivity index (χ0v) is 7.94. The summed E-state index contributed by atoms with van der Waals surface area (Å²) in [5.74, 6) is 0.552. The van der Waals surface area contributed by atoms with Gasteiger partial charge in [-0.15, -0.1) is 0 Å². The molecule has 1 aromatic rings. The normalized spacial score (nSPS) is 11.3. The van der Waals surface area contributed by atoms with Gasteiger partial charge in [-0.1, -0.05) is 36.4 Å². The average Bonchev–Trinajstić information content (AvgIpc) is 2.25. The van der Waals surface area contributed by atoms with Crippen LogP contribution in [-0.4, -0.2) is 12.9 Å². The van der Waals surface area contributed by atoms with Gasteiger partial charge in [0.15, 0.2) is 6.19 Å². The molecule has 1 rings (SSSR count). The molecule has 0 amide bonds. The van der Waals surface area contributed by atoms with Crippen LogP contribution in [0.3, 0.4) is 0 Å². The number of benzene rings is 1. The van der Waals surface area contributed by atoms with Gasteiger partial charge in [-0.25, -0.2) is 0 Å². The lowest BCUT2D eigenvalue weighted by Crippen LogP contribution is -2.14. The molecule has 14 heavy (non-hydrogen) atoms. The van der Waals surface area contributed by atoms with Crippen molar-refractivity contribution in [3.63, 3.8) is 0 Å². The molecular weight excluding hydrogens is 174 g/mol. The van der Waals surface area contributed by atoms with Gasteiger partial charge < -0.3 is 0 Å². The predicted molar refractivity (Wildman–Crippen MR) is 57.6 cm³/mol. The summed E-state index contributed by atoms with van der Waals surface area (Å²) in [5.41, 5.74) is 1.08. The van der Waals surface area contributed by atoms with Crippen molar-refractivity contribution in [2.45, 2.75) is 0 Å². The molecular formula is C11H11N3. The molecule has 0 unspecified atom stereocenters. The van der Waals surface area contributed by atoms with E-state index in [9.17, 15) is 0 Å². The number of amidine groups is 1. The van der Waals surface area contributed by atoms with E-state index < -0.39 is 0 Å². The van der Waals surface area contributed by atoms with E-state index in [0.717, 1.165) is 5.56 Å². The molecule has 0 radical (unpaired) electrons. The minimum Gasteiger partial charge on any atom is -0.277 e. The Labute approximate surface area is 83.4 Å². The van der Waals surface area contributed by atoms with Crippen molar-refractivity contribution in [2.24, 2.45) is 4.99 Å². The van der Waals surface area contributed by atoms with E-state index in [1.165, 1.54) is 0 Å². The van der Waals surface area contributed by atoms with Gasteiger partial charge >= 0.3 is 0 Å². The van der Waals surface area contributed by atoms with E-state index in [0.29, 0.717) is 5.84 Å². The summed E-state index contributed by atoms with van der Waals surface area (Å²) in [4.78, 5) is 3.89. The lowest BCUT2D eigenvalue weighted by atomic mass is 10.2. The SMILES string of the molecule is CN=C(/C=C/c1ccccc1)NC#N. The molecule has 3 nitrogen and oxygen atoms in total. The summed E-state index contributed by atoms with van der Waals surface area (Å²) in [6.07, 6.45) is 5.48. The van der Waals surface area contributed by atoms with E-state index in [-0.39, 0.29) is 0 Å². The maximum absolute atomic E-state index is 8.39. The van der Waals surface area contributed by atoms with Gasteiger partial charge in [0, 0.05) is 7.05 Å². The molecule has 0 bridgehead atoms. The predicted octanol–water partition coefficient (Wildman–Crippen LogP) is 1.80. The first-order valence-electron chi connectivity index (χ1n) is 4.22. The van der Waals surface area contributed by atoms with Crippen LogP contribution in [0, 0.1) is 11.5 Å². The van der Waals surface area contributed by atoms with Crippen molar-refractivity contribution in [1.82, 2.24) is 5.32 Å². The Hall–Kier alpha value is -2.08. The maximum atomic E-state index is 8.39. The van der Waals surface area contributed by atoms with Crippen LogP contribution in [-0.2, 0) is 0 Å². The topological polar surface area (TPSA) is 48.2 Å². The first kappa shape index (κ1) is 10.0. The van der Waals surface area contributed by atoms with Crippen LogP contribution in [0.1, 0.15) is 5.56 Å².